The molecule has 1 aromatic rings. The average molecular weight is 265 g/mol. The second-order valence-electron chi connectivity index (χ2n) is 3.35. The molecule has 0 spiro atoms. The molecule has 0 saturated heterocycles. The van der Waals surface area contributed by atoms with Gasteiger partial charge in [-0.15, -0.1) is 0 Å². The lowest BCUT2D eigenvalue weighted by Gasteiger charge is -2.06. The molecule has 0 amide bonds. The highest BCUT2D eigenvalue weighted by Crippen LogP contribution is 2.13. The summed E-state index contributed by atoms with van der Waals surface area (Å²) in [6.07, 6.45) is 0.480. The van der Waals surface area contributed by atoms with E-state index in [0.29, 0.717) is 19.1 Å². The summed E-state index contributed by atoms with van der Waals surface area (Å²) in [5, 5.41) is 0. The molecule has 4 nitrogen and oxygen atoms in total. The molecule has 96 valence electrons. The van der Waals surface area contributed by atoms with Crippen LogP contribution < -0.4 is 4.72 Å². The van der Waals surface area contributed by atoms with E-state index in [1.54, 1.807) is 0 Å². The smallest absolute Gasteiger partial charge is 0.240 e. The molecule has 0 aliphatic carbocycles. The molecule has 1 rings (SSSR count). The summed E-state index contributed by atoms with van der Waals surface area (Å²) in [5.74, 6) is -1.86. The van der Waals surface area contributed by atoms with Crippen molar-refractivity contribution in [1.82, 2.24) is 4.72 Å². The zero-order valence-electron chi connectivity index (χ0n) is 9.24. The van der Waals surface area contributed by atoms with Crippen LogP contribution in [0.25, 0.3) is 0 Å². The van der Waals surface area contributed by atoms with Crippen LogP contribution in [0.1, 0.15) is 6.42 Å². The summed E-state index contributed by atoms with van der Waals surface area (Å²) >= 11 is 0. The number of nitrogens with one attached hydrogen (secondary N) is 1. The first-order chi connectivity index (χ1) is 7.95. The van der Waals surface area contributed by atoms with Gasteiger partial charge in [-0.2, -0.15) is 0 Å². The highest BCUT2D eigenvalue weighted by molar-refractivity contribution is 7.89. The first-order valence-corrected chi connectivity index (χ1v) is 6.39. The first kappa shape index (κ1) is 14.0. The van der Waals surface area contributed by atoms with E-state index >= 15 is 0 Å². The lowest BCUT2D eigenvalue weighted by Crippen LogP contribution is -2.25. The Kier molecular flexibility index (Phi) is 4.98. The van der Waals surface area contributed by atoms with Gasteiger partial charge < -0.3 is 4.74 Å². The number of hydrogen-bond acceptors (Lipinski definition) is 3. The van der Waals surface area contributed by atoms with Crippen LogP contribution in [0.2, 0.25) is 0 Å². The van der Waals surface area contributed by atoms with Crippen LogP contribution in [0, 0.1) is 11.6 Å². The highest BCUT2D eigenvalue weighted by atomic mass is 32.2. The number of halogens is 2. The minimum atomic E-state index is -3.87. The Morgan fingerprint density at radius 2 is 1.82 bits per heavy atom. The summed E-state index contributed by atoms with van der Waals surface area (Å²) in [6, 6.07) is 2.15. The predicted molar refractivity (Wildman–Crippen MR) is 58.0 cm³/mol. The van der Waals surface area contributed by atoms with Crippen LogP contribution in [-0.2, 0) is 14.8 Å². The Balaban J connectivity index is 2.75. The van der Waals surface area contributed by atoms with E-state index in [9.17, 15) is 17.2 Å². The predicted octanol–water partition coefficient (Wildman–Crippen LogP) is 1.28. The third-order valence-electron chi connectivity index (χ3n) is 1.96. The number of methoxy groups -OCH3 is 1. The van der Waals surface area contributed by atoms with Crippen LogP contribution in [0.5, 0.6) is 0 Å². The van der Waals surface area contributed by atoms with E-state index in [1.807, 2.05) is 0 Å². The van der Waals surface area contributed by atoms with E-state index in [4.69, 9.17) is 4.74 Å². The molecular weight excluding hydrogens is 252 g/mol. The van der Waals surface area contributed by atoms with Crippen molar-refractivity contribution in [2.24, 2.45) is 0 Å². The zero-order chi connectivity index (χ0) is 12.9. The third-order valence-corrected chi connectivity index (χ3v) is 3.40. The molecule has 0 heterocycles. The van der Waals surface area contributed by atoms with Crippen molar-refractivity contribution in [3.8, 4) is 0 Å². The Morgan fingerprint density at radius 1 is 1.24 bits per heavy atom. The van der Waals surface area contributed by atoms with Gasteiger partial charge in [0, 0.05) is 26.3 Å². The molecule has 0 aliphatic rings. The van der Waals surface area contributed by atoms with Crippen molar-refractivity contribution in [2.75, 3.05) is 20.3 Å². The molecule has 0 radical (unpaired) electrons. The summed E-state index contributed by atoms with van der Waals surface area (Å²) in [6.45, 7) is 0.550. The van der Waals surface area contributed by atoms with Gasteiger partial charge in [0.15, 0.2) is 0 Å². The SMILES string of the molecule is COCCCNS(=O)(=O)c1cc(F)cc(F)c1. The fourth-order valence-corrected chi connectivity index (χ4v) is 2.31. The van der Waals surface area contributed by atoms with Crippen molar-refractivity contribution >= 4 is 10.0 Å². The van der Waals surface area contributed by atoms with E-state index in [2.05, 4.69) is 4.72 Å². The minimum absolute atomic E-state index is 0.147. The van der Waals surface area contributed by atoms with Gasteiger partial charge >= 0.3 is 0 Å². The van der Waals surface area contributed by atoms with Gasteiger partial charge in [0.25, 0.3) is 0 Å². The monoisotopic (exact) mass is 265 g/mol. The fraction of sp³-hybridized carbons (Fsp3) is 0.400. The Labute approximate surface area is 98.6 Å². The van der Waals surface area contributed by atoms with Crippen LogP contribution in [0.3, 0.4) is 0 Å². The molecule has 0 bridgehead atoms. The number of rotatable bonds is 6. The highest BCUT2D eigenvalue weighted by Gasteiger charge is 2.15. The molecule has 0 aromatic heterocycles. The summed E-state index contributed by atoms with van der Waals surface area (Å²) in [4.78, 5) is -0.424. The number of benzene rings is 1. The quantitative estimate of drug-likeness (QED) is 0.788. The molecule has 1 aromatic carbocycles. The Morgan fingerprint density at radius 3 is 2.35 bits per heavy atom. The molecular formula is C10H13F2NO3S. The van der Waals surface area contributed by atoms with Crippen molar-refractivity contribution in [2.45, 2.75) is 11.3 Å². The topological polar surface area (TPSA) is 55.4 Å². The fourth-order valence-electron chi connectivity index (χ4n) is 1.19. The van der Waals surface area contributed by atoms with Crippen molar-refractivity contribution in [1.29, 1.82) is 0 Å². The first-order valence-electron chi connectivity index (χ1n) is 4.90. The van der Waals surface area contributed by atoms with Crippen LogP contribution in [0.4, 0.5) is 8.78 Å². The standard InChI is InChI=1S/C10H13F2NO3S/c1-16-4-2-3-13-17(14,15)10-6-8(11)5-9(12)7-10/h5-7,13H,2-4H2,1H3. The summed E-state index contributed by atoms with van der Waals surface area (Å²) in [7, 11) is -2.37. The van der Waals surface area contributed by atoms with Gasteiger partial charge in [-0.1, -0.05) is 0 Å². The summed E-state index contributed by atoms with van der Waals surface area (Å²) < 4.78 is 55.9. The maximum absolute atomic E-state index is 12.8. The van der Waals surface area contributed by atoms with Crippen LogP contribution >= 0.6 is 0 Å². The summed E-state index contributed by atoms with van der Waals surface area (Å²) in [5.41, 5.74) is 0. The van der Waals surface area contributed by atoms with E-state index in [1.165, 1.54) is 7.11 Å². The van der Waals surface area contributed by atoms with E-state index in [-0.39, 0.29) is 6.54 Å². The maximum Gasteiger partial charge on any atom is 0.240 e. The average Bonchev–Trinajstić information content (AvgIpc) is 2.23. The lowest BCUT2D eigenvalue weighted by molar-refractivity contribution is 0.196. The molecule has 7 heteroatoms. The van der Waals surface area contributed by atoms with Crippen LogP contribution in [-0.4, -0.2) is 28.7 Å². The van der Waals surface area contributed by atoms with Crippen LogP contribution in [0.15, 0.2) is 23.1 Å². The maximum atomic E-state index is 12.8. The Hall–Kier alpha value is -1.05. The van der Waals surface area contributed by atoms with Crippen molar-refractivity contribution in [3.63, 3.8) is 0 Å². The van der Waals surface area contributed by atoms with Gasteiger partial charge in [0.1, 0.15) is 11.6 Å². The second-order valence-corrected chi connectivity index (χ2v) is 5.12. The molecule has 0 fully saturated rings. The molecule has 0 saturated carbocycles. The normalized spacial score (nSPS) is 11.7. The van der Waals surface area contributed by atoms with E-state index in [0.717, 1.165) is 12.1 Å². The molecule has 0 unspecified atom stereocenters. The number of sulfonamides is 1. The minimum Gasteiger partial charge on any atom is -0.385 e. The molecule has 0 atom stereocenters. The van der Waals surface area contributed by atoms with Gasteiger partial charge in [0.05, 0.1) is 4.90 Å². The van der Waals surface area contributed by atoms with Crippen molar-refractivity contribution < 1.29 is 21.9 Å². The zero-order valence-corrected chi connectivity index (χ0v) is 10.1. The van der Waals surface area contributed by atoms with Gasteiger partial charge in [-0.3, -0.25) is 0 Å². The Bertz CT molecular complexity index is 456. The largest absolute Gasteiger partial charge is 0.385 e. The second kappa shape index (κ2) is 6.04. The van der Waals surface area contributed by atoms with Crippen molar-refractivity contribution in [3.05, 3.63) is 29.8 Å². The molecule has 1 N–H and O–H groups in total. The molecule has 0 aliphatic heterocycles. The van der Waals surface area contributed by atoms with Gasteiger partial charge in [0.2, 0.25) is 10.0 Å². The number of hydrogen-bond donors (Lipinski definition) is 1. The molecule has 17 heavy (non-hydrogen) atoms. The van der Waals surface area contributed by atoms with Gasteiger partial charge in [-0.25, -0.2) is 21.9 Å². The lowest BCUT2D eigenvalue weighted by atomic mass is 10.3. The number of ether oxygens (including phenoxy) is 1. The van der Waals surface area contributed by atoms with E-state index < -0.39 is 26.6 Å². The van der Waals surface area contributed by atoms with Gasteiger partial charge in [-0.05, 0) is 18.6 Å². The third kappa shape index (κ3) is 4.37.